The zero-order valence-corrected chi connectivity index (χ0v) is 24.2. The Kier molecular flexibility index (Phi) is 7.12. The van der Waals surface area contributed by atoms with Crippen LogP contribution in [0.4, 0.5) is 5.69 Å². The SMILES string of the molecule is Cc1ccc(N2C(=O)C3Sc4c(sc(=O)n4CC(=O)N4CCCCC4)[C@H](c4cccc(Cl)c4Cl)C3C2=O)cc1. The molecule has 2 aromatic carbocycles. The number of aryl methyl sites for hydroxylation is 1. The first kappa shape index (κ1) is 26.6. The second-order valence-corrected chi connectivity index (χ2v) is 13.0. The van der Waals surface area contributed by atoms with Crippen LogP contribution in [0, 0.1) is 12.8 Å². The molecule has 6 rings (SSSR count). The predicted molar refractivity (Wildman–Crippen MR) is 154 cm³/mol. The minimum atomic E-state index is -0.781. The molecular formula is C28H25Cl2N3O4S2. The lowest BCUT2D eigenvalue weighted by atomic mass is 9.83. The van der Waals surface area contributed by atoms with Gasteiger partial charge in [0.25, 0.3) is 0 Å². The fourth-order valence-electron chi connectivity index (χ4n) is 5.68. The van der Waals surface area contributed by atoms with Gasteiger partial charge >= 0.3 is 4.87 Å². The van der Waals surface area contributed by atoms with Gasteiger partial charge in [-0.3, -0.25) is 23.7 Å². The van der Waals surface area contributed by atoms with E-state index >= 15 is 0 Å². The Bertz CT molecular complexity index is 1550. The second-order valence-electron chi connectivity index (χ2n) is 10.1. The summed E-state index contributed by atoms with van der Waals surface area (Å²) < 4.78 is 1.47. The van der Waals surface area contributed by atoms with Gasteiger partial charge in [0.1, 0.15) is 11.8 Å². The van der Waals surface area contributed by atoms with Gasteiger partial charge in [-0.05, 0) is 49.9 Å². The Hall–Kier alpha value is -2.59. The molecule has 0 N–H and O–H groups in total. The zero-order chi connectivity index (χ0) is 27.4. The average molecular weight is 603 g/mol. The third-order valence-electron chi connectivity index (χ3n) is 7.66. The molecule has 3 aromatic rings. The Balaban J connectivity index is 1.46. The number of imide groups is 1. The molecule has 2 saturated heterocycles. The Morgan fingerprint density at radius 2 is 1.69 bits per heavy atom. The van der Waals surface area contributed by atoms with E-state index in [2.05, 4.69) is 0 Å². The van der Waals surface area contributed by atoms with Crippen LogP contribution >= 0.6 is 46.3 Å². The highest BCUT2D eigenvalue weighted by molar-refractivity contribution is 8.00. The Morgan fingerprint density at radius 1 is 0.974 bits per heavy atom. The van der Waals surface area contributed by atoms with Gasteiger partial charge in [0, 0.05) is 23.9 Å². The number of carbonyl (C=O) groups is 3. The number of aromatic nitrogens is 1. The smallest absolute Gasteiger partial charge is 0.308 e. The lowest BCUT2D eigenvalue weighted by Crippen LogP contribution is -2.39. The normalized spacial score (nSPS) is 22.7. The molecule has 2 fully saturated rings. The number of piperidine rings is 1. The topological polar surface area (TPSA) is 79.7 Å². The molecule has 7 nitrogen and oxygen atoms in total. The van der Waals surface area contributed by atoms with Crippen molar-refractivity contribution in [2.45, 2.75) is 48.9 Å². The zero-order valence-electron chi connectivity index (χ0n) is 21.1. The maximum Gasteiger partial charge on any atom is 0.308 e. The number of fused-ring (bicyclic) bond motifs is 2. The summed E-state index contributed by atoms with van der Waals surface area (Å²) >= 11 is 15.3. The number of thioether (sulfide) groups is 1. The molecule has 0 bridgehead atoms. The van der Waals surface area contributed by atoms with Crippen LogP contribution in [0.25, 0.3) is 0 Å². The number of amides is 3. The fraction of sp³-hybridized carbons (Fsp3) is 0.357. The average Bonchev–Trinajstić information content (AvgIpc) is 3.38. The Morgan fingerprint density at radius 3 is 2.41 bits per heavy atom. The molecule has 3 amide bonds. The van der Waals surface area contributed by atoms with Gasteiger partial charge in [0.15, 0.2) is 0 Å². The van der Waals surface area contributed by atoms with Gasteiger partial charge in [0.05, 0.1) is 26.7 Å². The van der Waals surface area contributed by atoms with Crippen molar-refractivity contribution in [1.82, 2.24) is 9.47 Å². The molecule has 0 radical (unpaired) electrons. The first-order valence-electron chi connectivity index (χ1n) is 12.8. The number of anilines is 1. The molecule has 0 aliphatic carbocycles. The molecule has 0 saturated carbocycles. The van der Waals surface area contributed by atoms with Crippen molar-refractivity contribution in [3.05, 3.63) is 78.2 Å². The van der Waals surface area contributed by atoms with Gasteiger partial charge in [0.2, 0.25) is 17.7 Å². The van der Waals surface area contributed by atoms with Crippen LogP contribution in [0.5, 0.6) is 0 Å². The number of hydrogen-bond acceptors (Lipinski definition) is 6. The number of thiazole rings is 1. The maximum atomic E-state index is 14.0. The van der Waals surface area contributed by atoms with Crippen LogP contribution in [0.15, 0.2) is 52.3 Å². The molecule has 4 heterocycles. The standard InChI is InChI=1S/C28H25Cl2N3O4S2/c1-15-8-10-16(11-9-15)33-25(35)21-20(17-6-5-7-18(29)22(17)30)24-27(38-23(21)26(33)36)32(28(37)39-24)14-19(34)31-12-3-2-4-13-31/h5-11,20-21,23H,2-4,12-14H2,1H3/t20-,21?,23?/m1/s1. The lowest BCUT2D eigenvalue weighted by Gasteiger charge is -2.31. The van der Waals surface area contributed by atoms with E-state index in [-0.39, 0.29) is 34.2 Å². The molecule has 11 heteroatoms. The summed E-state index contributed by atoms with van der Waals surface area (Å²) in [4.78, 5) is 57.6. The summed E-state index contributed by atoms with van der Waals surface area (Å²) in [5.74, 6) is -2.25. The molecule has 39 heavy (non-hydrogen) atoms. The minimum Gasteiger partial charge on any atom is -0.341 e. The van der Waals surface area contributed by atoms with Crippen molar-refractivity contribution in [1.29, 1.82) is 0 Å². The highest BCUT2D eigenvalue weighted by atomic mass is 35.5. The van der Waals surface area contributed by atoms with Crippen LogP contribution in [-0.2, 0) is 20.9 Å². The van der Waals surface area contributed by atoms with E-state index in [4.69, 9.17) is 23.2 Å². The van der Waals surface area contributed by atoms with E-state index in [0.717, 1.165) is 36.2 Å². The summed E-state index contributed by atoms with van der Waals surface area (Å²) in [5.41, 5.74) is 2.10. The number of halogens is 2. The first-order chi connectivity index (χ1) is 18.8. The van der Waals surface area contributed by atoms with Gasteiger partial charge in [-0.1, -0.05) is 76.1 Å². The summed E-state index contributed by atoms with van der Waals surface area (Å²) in [6.45, 7) is 3.19. The van der Waals surface area contributed by atoms with Crippen LogP contribution < -0.4 is 9.77 Å². The minimum absolute atomic E-state index is 0.102. The first-order valence-corrected chi connectivity index (χ1v) is 15.3. The molecule has 202 valence electrons. The summed E-state index contributed by atoms with van der Waals surface area (Å²) in [6.07, 6.45) is 2.98. The molecule has 3 aliphatic heterocycles. The van der Waals surface area contributed by atoms with Gasteiger partial charge in [-0.25, -0.2) is 4.90 Å². The molecular weight excluding hydrogens is 577 g/mol. The van der Waals surface area contributed by atoms with E-state index in [9.17, 15) is 19.2 Å². The summed E-state index contributed by atoms with van der Waals surface area (Å²) in [5, 5.41) is 0.373. The van der Waals surface area contributed by atoms with Crippen molar-refractivity contribution in [2.75, 3.05) is 18.0 Å². The van der Waals surface area contributed by atoms with E-state index < -0.39 is 17.1 Å². The monoisotopic (exact) mass is 601 g/mol. The number of likely N-dealkylation sites (tertiary alicyclic amines) is 1. The number of nitrogens with zero attached hydrogens (tertiary/aromatic N) is 3. The second kappa shape index (κ2) is 10.4. The number of hydrogen-bond donors (Lipinski definition) is 0. The van der Waals surface area contributed by atoms with Crippen LogP contribution in [-0.4, -0.2) is 45.5 Å². The third kappa shape index (κ3) is 4.53. The van der Waals surface area contributed by atoms with Crippen molar-refractivity contribution in [2.24, 2.45) is 5.92 Å². The lowest BCUT2D eigenvalue weighted by molar-refractivity contribution is -0.133. The molecule has 0 spiro atoms. The van der Waals surface area contributed by atoms with E-state index in [1.165, 1.54) is 21.2 Å². The molecule has 2 unspecified atom stereocenters. The van der Waals surface area contributed by atoms with Crippen molar-refractivity contribution in [3.63, 3.8) is 0 Å². The summed E-state index contributed by atoms with van der Waals surface area (Å²) in [6, 6.07) is 12.4. The van der Waals surface area contributed by atoms with E-state index in [1.807, 2.05) is 19.1 Å². The van der Waals surface area contributed by atoms with E-state index in [0.29, 0.717) is 39.3 Å². The van der Waals surface area contributed by atoms with Crippen molar-refractivity contribution >= 4 is 69.7 Å². The van der Waals surface area contributed by atoms with Gasteiger partial charge in [-0.15, -0.1) is 0 Å². The number of carbonyl (C=O) groups excluding carboxylic acids is 3. The number of rotatable bonds is 4. The van der Waals surface area contributed by atoms with E-state index in [1.54, 1.807) is 35.2 Å². The Labute approximate surface area is 243 Å². The van der Waals surface area contributed by atoms with Gasteiger partial charge < -0.3 is 4.90 Å². The molecule has 3 aliphatic rings. The largest absolute Gasteiger partial charge is 0.341 e. The molecule has 1 aromatic heterocycles. The van der Waals surface area contributed by atoms with Gasteiger partial charge in [-0.2, -0.15) is 0 Å². The predicted octanol–water partition coefficient (Wildman–Crippen LogP) is 5.33. The summed E-state index contributed by atoms with van der Waals surface area (Å²) in [7, 11) is 0. The highest BCUT2D eigenvalue weighted by Gasteiger charge is 2.57. The quantitative estimate of drug-likeness (QED) is 0.377. The number of benzene rings is 2. The molecule has 3 atom stereocenters. The van der Waals surface area contributed by atoms with Crippen LogP contribution in [0.3, 0.4) is 0 Å². The van der Waals surface area contributed by atoms with Crippen LogP contribution in [0.2, 0.25) is 10.0 Å². The fourth-order valence-corrected chi connectivity index (χ4v) is 8.87. The highest BCUT2D eigenvalue weighted by Crippen LogP contribution is 2.55. The third-order valence-corrected chi connectivity index (χ3v) is 11.1. The van der Waals surface area contributed by atoms with Crippen molar-refractivity contribution < 1.29 is 14.4 Å². The van der Waals surface area contributed by atoms with Crippen molar-refractivity contribution in [3.8, 4) is 0 Å². The maximum absolute atomic E-state index is 14.0. The van der Waals surface area contributed by atoms with Crippen LogP contribution in [0.1, 0.15) is 41.2 Å².